The van der Waals surface area contributed by atoms with Crippen LogP contribution in [-0.2, 0) is 0 Å². The molecule has 1 rings (SSSR count). The Kier molecular flexibility index (Phi) is 2.93. The topological polar surface area (TPSA) is 35.2 Å². The molecule has 14 heavy (non-hydrogen) atoms. The predicted octanol–water partition coefficient (Wildman–Crippen LogP) is 1.55. The third-order valence-corrected chi connectivity index (χ3v) is 1.59. The molecule has 2 nitrogen and oxygen atoms in total. The van der Waals surface area contributed by atoms with Gasteiger partial charge in [-0.3, -0.25) is 0 Å². The van der Waals surface area contributed by atoms with Gasteiger partial charge in [0.05, 0.1) is 5.69 Å². The molecular formula is C8H8BF3NO. The van der Waals surface area contributed by atoms with Gasteiger partial charge in [-0.2, -0.15) is 0 Å². The molecule has 0 saturated carbocycles. The van der Waals surface area contributed by atoms with Crippen LogP contribution in [0.25, 0.3) is 0 Å². The van der Waals surface area contributed by atoms with Crippen LogP contribution in [-0.4, -0.2) is 13.6 Å². The van der Waals surface area contributed by atoms with E-state index < -0.39 is 6.36 Å². The fourth-order valence-electron chi connectivity index (χ4n) is 0.964. The summed E-state index contributed by atoms with van der Waals surface area (Å²) in [5.74, 6) is -0.372. The molecule has 0 heterocycles. The van der Waals surface area contributed by atoms with Crippen molar-refractivity contribution in [1.29, 1.82) is 0 Å². The van der Waals surface area contributed by atoms with Crippen LogP contribution in [0.4, 0.5) is 18.9 Å². The zero-order valence-corrected chi connectivity index (χ0v) is 7.43. The van der Waals surface area contributed by atoms with Gasteiger partial charge >= 0.3 is 6.36 Å². The smallest absolute Gasteiger partial charge is 0.404 e. The second kappa shape index (κ2) is 3.81. The van der Waals surface area contributed by atoms with Gasteiger partial charge in [-0.05, 0) is 12.1 Å². The lowest BCUT2D eigenvalue weighted by Gasteiger charge is -2.11. The first-order valence-corrected chi connectivity index (χ1v) is 3.87. The molecule has 0 spiro atoms. The van der Waals surface area contributed by atoms with E-state index in [1.807, 2.05) is 0 Å². The number of alkyl halides is 3. The summed E-state index contributed by atoms with van der Waals surface area (Å²) in [6.07, 6.45) is -4.70. The molecule has 0 bridgehead atoms. The van der Waals surface area contributed by atoms with Crippen molar-refractivity contribution in [3.8, 4) is 5.75 Å². The summed E-state index contributed by atoms with van der Waals surface area (Å²) in [5.41, 5.74) is 6.08. The fraction of sp³-hybridized carbons (Fsp3) is 0.250. The number of nitrogens with two attached hydrogens (primary N) is 1. The minimum Gasteiger partial charge on any atom is -0.404 e. The summed E-state index contributed by atoms with van der Waals surface area (Å²) < 4.78 is 39.1. The van der Waals surface area contributed by atoms with E-state index >= 15 is 0 Å². The van der Waals surface area contributed by atoms with E-state index in [0.29, 0.717) is 0 Å². The van der Waals surface area contributed by atoms with Gasteiger partial charge in [0.2, 0.25) is 0 Å². The number of hydrogen-bond donors (Lipinski definition) is 1. The summed E-state index contributed by atoms with van der Waals surface area (Å²) in [5, 5.41) is 0. The maximum absolute atomic E-state index is 11.8. The van der Waals surface area contributed by atoms with Gasteiger partial charge in [0.25, 0.3) is 0 Å². The zero-order valence-electron chi connectivity index (χ0n) is 7.43. The molecule has 1 radical (unpaired) electrons. The van der Waals surface area contributed by atoms with E-state index in [1.165, 1.54) is 18.2 Å². The standard InChI is InChI=1S/C8H8BF3NO/c1-9-5-2-3-7(6(13)4-5)14-8(10,11)12/h2-4H,13H2,1H3. The highest BCUT2D eigenvalue weighted by molar-refractivity contribution is 6.52. The van der Waals surface area contributed by atoms with E-state index in [1.54, 1.807) is 14.1 Å². The van der Waals surface area contributed by atoms with Crippen LogP contribution in [0.2, 0.25) is 6.82 Å². The molecule has 0 aliphatic rings. The molecule has 0 saturated heterocycles. The number of anilines is 1. The van der Waals surface area contributed by atoms with E-state index in [-0.39, 0.29) is 11.4 Å². The Morgan fingerprint density at radius 3 is 2.43 bits per heavy atom. The van der Waals surface area contributed by atoms with Crippen LogP contribution >= 0.6 is 0 Å². The minimum absolute atomic E-state index is 0.0297. The van der Waals surface area contributed by atoms with E-state index in [0.717, 1.165) is 5.46 Å². The van der Waals surface area contributed by atoms with Crippen molar-refractivity contribution in [3.63, 3.8) is 0 Å². The predicted molar refractivity (Wildman–Crippen MR) is 48.8 cm³/mol. The summed E-state index contributed by atoms with van der Waals surface area (Å²) in [6, 6.07) is 4.11. The van der Waals surface area contributed by atoms with Gasteiger partial charge in [-0.15, -0.1) is 13.2 Å². The van der Waals surface area contributed by atoms with Crippen molar-refractivity contribution < 1.29 is 17.9 Å². The van der Waals surface area contributed by atoms with Crippen LogP contribution in [0, 0.1) is 0 Å². The Balaban J connectivity index is 2.89. The molecule has 1 aromatic carbocycles. The van der Waals surface area contributed by atoms with Crippen LogP contribution in [0.3, 0.4) is 0 Å². The summed E-state index contributed by atoms with van der Waals surface area (Å²) in [6.45, 7) is 1.76. The van der Waals surface area contributed by atoms with Crippen LogP contribution < -0.4 is 15.9 Å². The Labute approximate surface area is 80.1 Å². The third-order valence-electron chi connectivity index (χ3n) is 1.59. The second-order valence-corrected chi connectivity index (χ2v) is 2.63. The lowest BCUT2D eigenvalue weighted by Crippen LogP contribution is -2.19. The lowest BCUT2D eigenvalue weighted by atomic mass is 9.73. The van der Waals surface area contributed by atoms with Crippen LogP contribution in [0.15, 0.2) is 18.2 Å². The van der Waals surface area contributed by atoms with Gasteiger partial charge in [0.1, 0.15) is 7.28 Å². The van der Waals surface area contributed by atoms with E-state index in [9.17, 15) is 13.2 Å². The molecule has 2 N–H and O–H groups in total. The average Bonchev–Trinajstić information content (AvgIpc) is 2.06. The average molecular weight is 202 g/mol. The van der Waals surface area contributed by atoms with Crippen LogP contribution in [0.5, 0.6) is 5.75 Å². The number of ether oxygens (including phenoxy) is 1. The Bertz CT molecular complexity index is 327. The molecule has 0 atom stereocenters. The summed E-state index contributed by atoms with van der Waals surface area (Å²) in [4.78, 5) is 0. The molecule has 0 amide bonds. The first kappa shape index (κ1) is 10.8. The van der Waals surface area contributed by atoms with E-state index in [4.69, 9.17) is 5.73 Å². The quantitative estimate of drug-likeness (QED) is 0.583. The molecule has 0 aliphatic carbocycles. The van der Waals surface area contributed by atoms with Crippen molar-refractivity contribution in [1.82, 2.24) is 0 Å². The third kappa shape index (κ3) is 2.87. The molecular weight excluding hydrogens is 194 g/mol. The number of halogens is 3. The summed E-state index contributed by atoms with van der Waals surface area (Å²) in [7, 11) is 1.73. The van der Waals surface area contributed by atoms with Crippen molar-refractivity contribution in [2.75, 3.05) is 5.73 Å². The largest absolute Gasteiger partial charge is 0.573 e. The Morgan fingerprint density at radius 2 is 2.00 bits per heavy atom. The monoisotopic (exact) mass is 202 g/mol. The van der Waals surface area contributed by atoms with Crippen molar-refractivity contribution >= 4 is 18.4 Å². The van der Waals surface area contributed by atoms with Gasteiger partial charge in [-0.1, -0.05) is 18.4 Å². The van der Waals surface area contributed by atoms with Gasteiger partial charge in [-0.25, -0.2) is 0 Å². The Morgan fingerprint density at radius 1 is 1.36 bits per heavy atom. The second-order valence-electron chi connectivity index (χ2n) is 2.63. The highest BCUT2D eigenvalue weighted by atomic mass is 19.4. The molecule has 6 heteroatoms. The maximum Gasteiger partial charge on any atom is 0.573 e. The molecule has 1 aromatic rings. The Hall–Kier alpha value is -1.33. The van der Waals surface area contributed by atoms with Crippen molar-refractivity contribution in [2.45, 2.75) is 13.2 Å². The first-order valence-electron chi connectivity index (χ1n) is 3.87. The lowest BCUT2D eigenvalue weighted by molar-refractivity contribution is -0.274. The normalized spacial score (nSPS) is 11.1. The highest BCUT2D eigenvalue weighted by Crippen LogP contribution is 2.26. The number of nitrogen functional groups attached to an aromatic ring is 1. The van der Waals surface area contributed by atoms with Gasteiger partial charge in [0.15, 0.2) is 5.75 Å². The molecule has 0 aromatic heterocycles. The van der Waals surface area contributed by atoms with Crippen molar-refractivity contribution in [3.05, 3.63) is 18.2 Å². The number of benzene rings is 1. The summed E-state index contributed by atoms with van der Waals surface area (Å²) >= 11 is 0. The van der Waals surface area contributed by atoms with Crippen LogP contribution in [0.1, 0.15) is 0 Å². The first-order chi connectivity index (χ1) is 6.42. The molecule has 75 valence electrons. The highest BCUT2D eigenvalue weighted by Gasteiger charge is 2.31. The van der Waals surface area contributed by atoms with Gasteiger partial charge in [0, 0.05) is 0 Å². The van der Waals surface area contributed by atoms with E-state index in [2.05, 4.69) is 4.74 Å². The van der Waals surface area contributed by atoms with Gasteiger partial charge < -0.3 is 10.5 Å². The molecule has 0 unspecified atom stereocenters. The number of rotatable bonds is 2. The maximum atomic E-state index is 11.8. The molecule has 0 aliphatic heterocycles. The zero-order chi connectivity index (χ0) is 10.8. The molecule has 0 fully saturated rings. The number of hydrogen-bond acceptors (Lipinski definition) is 2. The fourth-order valence-corrected chi connectivity index (χ4v) is 0.964. The van der Waals surface area contributed by atoms with Crippen molar-refractivity contribution in [2.24, 2.45) is 0 Å². The minimum atomic E-state index is -4.70. The SMILES string of the molecule is C[B]c1ccc(OC(F)(F)F)c(N)c1.